The zero-order chi connectivity index (χ0) is 19.9. The summed E-state index contributed by atoms with van der Waals surface area (Å²) in [5.74, 6) is -0.510. The number of amides is 2. The number of nitrogens with zero attached hydrogens (tertiary/aromatic N) is 1. The minimum absolute atomic E-state index is 0.181. The predicted octanol–water partition coefficient (Wildman–Crippen LogP) is 4.57. The zero-order valence-corrected chi connectivity index (χ0v) is 16.5. The van der Waals surface area contributed by atoms with Crippen LogP contribution in [-0.4, -0.2) is 23.3 Å². The fraction of sp³-hybridized carbons (Fsp3) is 0.348. The van der Waals surface area contributed by atoms with Gasteiger partial charge < -0.3 is 10.6 Å². The van der Waals surface area contributed by atoms with E-state index in [0.29, 0.717) is 17.8 Å². The van der Waals surface area contributed by atoms with Crippen molar-refractivity contribution >= 4 is 17.5 Å². The normalized spacial score (nSPS) is 13.6. The van der Waals surface area contributed by atoms with Crippen LogP contribution in [0, 0.1) is 13.8 Å². The average molecular weight is 377 g/mol. The third-order valence-corrected chi connectivity index (χ3v) is 5.14. The Morgan fingerprint density at radius 1 is 1.04 bits per heavy atom. The third kappa shape index (κ3) is 5.28. The molecule has 5 heteroatoms. The predicted molar refractivity (Wildman–Crippen MR) is 112 cm³/mol. The summed E-state index contributed by atoms with van der Waals surface area (Å²) in [6.07, 6.45) is 9.45. The van der Waals surface area contributed by atoms with Gasteiger partial charge in [0.1, 0.15) is 5.69 Å². The van der Waals surface area contributed by atoms with E-state index in [9.17, 15) is 9.59 Å². The van der Waals surface area contributed by atoms with Gasteiger partial charge in [0, 0.05) is 24.0 Å². The van der Waals surface area contributed by atoms with Gasteiger partial charge in [-0.1, -0.05) is 17.7 Å². The second-order valence-corrected chi connectivity index (χ2v) is 7.30. The van der Waals surface area contributed by atoms with Gasteiger partial charge in [-0.15, -0.1) is 0 Å². The van der Waals surface area contributed by atoms with E-state index in [4.69, 9.17) is 0 Å². The molecule has 5 nitrogen and oxygen atoms in total. The number of rotatable bonds is 6. The van der Waals surface area contributed by atoms with Crippen molar-refractivity contribution in [3.05, 3.63) is 70.6 Å². The molecule has 0 atom stereocenters. The summed E-state index contributed by atoms with van der Waals surface area (Å²) in [6, 6.07) is 8.90. The van der Waals surface area contributed by atoms with E-state index in [1.54, 1.807) is 6.07 Å². The maximum Gasteiger partial charge on any atom is 0.274 e. The van der Waals surface area contributed by atoms with Gasteiger partial charge in [0.15, 0.2) is 0 Å². The Morgan fingerprint density at radius 3 is 2.64 bits per heavy atom. The highest BCUT2D eigenvalue weighted by molar-refractivity contribution is 6.04. The highest BCUT2D eigenvalue weighted by Crippen LogP contribution is 2.19. The molecule has 0 radical (unpaired) electrons. The van der Waals surface area contributed by atoms with Crippen LogP contribution in [0.5, 0.6) is 0 Å². The molecule has 1 aliphatic carbocycles. The van der Waals surface area contributed by atoms with E-state index in [1.807, 2.05) is 32.0 Å². The lowest BCUT2D eigenvalue weighted by molar-refractivity contribution is 0.0954. The maximum absolute atomic E-state index is 12.5. The summed E-state index contributed by atoms with van der Waals surface area (Å²) in [5.41, 5.74) is 5.07. The Morgan fingerprint density at radius 2 is 1.89 bits per heavy atom. The Balaban J connectivity index is 1.59. The smallest absolute Gasteiger partial charge is 0.274 e. The van der Waals surface area contributed by atoms with Crippen molar-refractivity contribution in [1.82, 2.24) is 10.3 Å². The number of allylic oxidation sites excluding steroid dienone is 1. The minimum atomic E-state index is -0.328. The van der Waals surface area contributed by atoms with Crippen LogP contribution in [0.2, 0.25) is 0 Å². The molecular weight excluding hydrogens is 350 g/mol. The summed E-state index contributed by atoms with van der Waals surface area (Å²) in [4.78, 5) is 29.0. The van der Waals surface area contributed by atoms with E-state index in [1.165, 1.54) is 36.2 Å². The van der Waals surface area contributed by atoms with E-state index in [0.717, 1.165) is 24.8 Å². The first-order chi connectivity index (χ1) is 13.5. The van der Waals surface area contributed by atoms with E-state index in [-0.39, 0.29) is 17.5 Å². The highest BCUT2D eigenvalue weighted by Gasteiger charge is 2.13. The quantitative estimate of drug-likeness (QED) is 0.724. The topological polar surface area (TPSA) is 71.1 Å². The molecule has 146 valence electrons. The molecule has 0 saturated carbocycles. The van der Waals surface area contributed by atoms with E-state index < -0.39 is 0 Å². The van der Waals surface area contributed by atoms with Crippen molar-refractivity contribution in [2.24, 2.45) is 0 Å². The van der Waals surface area contributed by atoms with Crippen LogP contribution in [0.15, 0.2) is 48.2 Å². The second-order valence-electron chi connectivity index (χ2n) is 7.30. The molecule has 0 saturated heterocycles. The van der Waals surface area contributed by atoms with Gasteiger partial charge in [-0.25, -0.2) is 0 Å². The fourth-order valence-corrected chi connectivity index (χ4v) is 3.28. The molecule has 1 aromatic heterocycles. The van der Waals surface area contributed by atoms with Crippen molar-refractivity contribution in [2.75, 3.05) is 11.9 Å². The van der Waals surface area contributed by atoms with Crippen LogP contribution in [0.25, 0.3) is 0 Å². The van der Waals surface area contributed by atoms with Crippen LogP contribution in [0.1, 0.15) is 64.1 Å². The molecule has 1 aliphatic rings. The number of nitrogens with one attached hydrogen (secondary N) is 2. The molecule has 0 bridgehead atoms. The zero-order valence-electron chi connectivity index (χ0n) is 16.5. The molecule has 2 amide bonds. The average Bonchev–Trinajstić information content (AvgIpc) is 2.71. The molecule has 2 N–H and O–H groups in total. The molecule has 0 spiro atoms. The molecule has 0 fully saturated rings. The number of anilines is 1. The van der Waals surface area contributed by atoms with E-state index >= 15 is 0 Å². The summed E-state index contributed by atoms with van der Waals surface area (Å²) >= 11 is 0. The minimum Gasteiger partial charge on any atom is -0.352 e. The lowest BCUT2D eigenvalue weighted by atomic mass is 9.97. The monoisotopic (exact) mass is 377 g/mol. The SMILES string of the molecule is Cc1ccc(NC(=O)c2cc(C(=O)NCCC3=CCCCC3)ccn2)cc1C. The summed E-state index contributed by atoms with van der Waals surface area (Å²) in [5, 5.41) is 5.77. The Labute approximate surface area is 166 Å². The van der Waals surface area contributed by atoms with Gasteiger partial charge in [0.2, 0.25) is 0 Å². The number of hydrogen-bond donors (Lipinski definition) is 2. The number of carbonyl (C=O) groups excluding carboxylic acids is 2. The number of aryl methyl sites for hydroxylation is 2. The first-order valence-electron chi connectivity index (χ1n) is 9.84. The van der Waals surface area contributed by atoms with Gasteiger partial charge in [0.25, 0.3) is 11.8 Å². The fourth-order valence-electron chi connectivity index (χ4n) is 3.28. The number of carbonyl (C=O) groups is 2. The Bertz CT molecular complexity index is 902. The first kappa shape index (κ1) is 19.8. The summed E-state index contributed by atoms with van der Waals surface area (Å²) in [6.45, 7) is 4.63. The molecule has 0 aliphatic heterocycles. The number of aromatic nitrogens is 1. The van der Waals surface area contributed by atoms with E-state index in [2.05, 4.69) is 21.7 Å². The van der Waals surface area contributed by atoms with Gasteiger partial charge >= 0.3 is 0 Å². The number of pyridine rings is 1. The molecule has 0 unspecified atom stereocenters. The van der Waals surface area contributed by atoms with Crippen LogP contribution >= 0.6 is 0 Å². The summed E-state index contributed by atoms with van der Waals surface area (Å²) in [7, 11) is 0. The standard InChI is InChI=1S/C23H27N3O2/c1-16-8-9-20(14-17(16)2)26-23(28)21-15-19(11-13-24-21)22(27)25-12-10-18-6-4-3-5-7-18/h6,8-9,11,13-15H,3-5,7,10,12H2,1-2H3,(H,25,27)(H,26,28). The van der Waals surface area contributed by atoms with Gasteiger partial charge in [-0.3, -0.25) is 14.6 Å². The van der Waals surface area contributed by atoms with Crippen molar-refractivity contribution < 1.29 is 9.59 Å². The lowest BCUT2D eigenvalue weighted by Crippen LogP contribution is -2.25. The number of hydrogen-bond acceptors (Lipinski definition) is 3. The molecule has 1 heterocycles. The van der Waals surface area contributed by atoms with Crippen LogP contribution < -0.4 is 10.6 Å². The van der Waals surface area contributed by atoms with Crippen molar-refractivity contribution in [1.29, 1.82) is 0 Å². The lowest BCUT2D eigenvalue weighted by Gasteiger charge is -2.13. The summed E-state index contributed by atoms with van der Waals surface area (Å²) < 4.78 is 0. The molecular formula is C23H27N3O2. The maximum atomic E-state index is 12.5. The highest BCUT2D eigenvalue weighted by atomic mass is 16.2. The third-order valence-electron chi connectivity index (χ3n) is 5.14. The van der Waals surface area contributed by atoms with Gasteiger partial charge in [0.05, 0.1) is 0 Å². The van der Waals surface area contributed by atoms with Crippen LogP contribution in [0.4, 0.5) is 5.69 Å². The first-order valence-corrected chi connectivity index (χ1v) is 9.84. The molecule has 1 aromatic carbocycles. The Hall–Kier alpha value is -2.95. The molecule has 2 aromatic rings. The second kappa shape index (κ2) is 9.31. The largest absolute Gasteiger partial charge is 0.352 e. The van der Waals surface area contributed by atoms with Gasteiger partial charge in [-0.2, -0.15) is 0 Å². The van der Waals surface area contributed by atoms with Crippen LogP contribution in [-0.2, 0) is 0 Å². The number of benzene rings is 1. The molecule has 3 rings (SSSR count). The van der Waals surface area contributed by atoms with Crippen LogP contribution in [0.3, 0.4) is 0 Å². The van der Waals surface area contributed by atoms with Gasteiger partial charge in [-0.05, 0) is 81.3 Å². The van der Waals surface area contributed by atoms with Crippen molar-refractivity contribution in [3.8, 4) is 0 Å². The van der Waals surface area contributed by atoms with Crippen molar-refractivity contribution in [2.45, 2.75) is 46.0 Å². The van der Waals surface area contributed by atoms with Crippen molar-refractivity contribution in [3.63, 3.8) is 0 Å². The Kier molecular flexibility index (Phi) is 6.58. The molecule has 28 heavy (non-hydrogen) atoms.